The molecule has 2 aromatic rings. The lowest BCUT2D eigenvalue weighted by molar-refractivity contribution is 0.199. The molecule has 0 saturated carbocycles. The van der Waals surface area contributed by atoms with Gasteiger partial charge in [-0.2, -0.15) is 0 Å². The summed E-state index contributed by atoms with van der Waals surface area (Å²) in [6.45, 7) is 2.08. The minimum absolute atomic E-state index is 0.653. The molecule has 0 spiro atoms. The largest absolute Gasteiger partial charge is 0.455 e. The normalized spacial score (nSPS) is 10.6. The van der Waals surface area contributed by atoms with Crippen molar-refractivity contribution >= 4 is 27.5 Å². The standard InChI is InChI=1S/C15H16BrClN2O2/c1-20-5-4-18-8-11-6-13(17)2-3-15(11)21-14-7-12(16)9-19-10-14/h2-3,6-7,9-10,18H,4-5,8H2,1H3. The predicted octanol–water partition coefficient (Wildman–Crippen LogP) is 4.03. The highest BCUT2D eigenvalue weighted by molar-refractivity contribution is 9.10. The summed E-state index contributed by atoms with van der Waals surface area (Å²) in [5.74, 6) is 1.43. The third-order valence-electron chi connectivity index (χ3n) is 2.73. The molecule has 112 valence electrons. The Morgan fingerprint density at radius 2 is 2.14 bits per heavy atom. The number of pyridine rings is 1. The maximum absolute atomic E-state index is 6.06. The van der Waals surface area contributed by atoms with Crippen LogP contribution in [0.5, 0.6) is 11.5 Å². The molecule has 0 unspecified atom stereocenters. The number of rotatable bonds is 7. The van der Waals surface area contributed by atoms with Crippen molar-refractivity contribution in [1.29, 1.82) is 0 Å². The Labute approximate surface area is 137 Å². The van der Waals surface area contributed by atoms with E-state index in [-0.39, 0.29) is 0 Å². The van der Waals surface area contributed by atoms with Gasteiger partial charge in [-0.1, -0.05) is 11.6 Å². The fraction of sp³-hybridized carbons (Fsp3) is 0.267. The average Bonchev–Trinajstić information content (AvgIpc) is 2.46. The van der Waals surface area contributed by atoms with Crippen LogP contribution < -0.4 is 10.1 Å². The molecule has 4 nitrogen and oxygen atoms in total. The van der Waals surface area contributed by atoms with E-state index in [2.05, 4.69) is 26.2 Å². The fourth-order valence-corrected chi connectivity index (χ4v) is 2.30. The molecule has 21 heavy (non-hydrogen) atoms. The second kappa shape index (κ2) is 8.34. The van der Waals surface area contributed by atoms with Gasteiger partial charge in [-0.25, -0.2) is 0 Å². The first-order valence-electron chi connectivity index (χ1n) is 6.45. The molecule has 0 aliphatic heterocycles. The summed E-state index contributed by atoms with van der Waals surface area (Å²) >= 11 is 9.43. The Hall–Kier alpha value is -1.14. The van der Waals surface area contributed by atoms with Crippen molar-refractivity contribution < 1.29 is 9.47 Å². The van der Waals surface area contributed by atoms with Gasteiger partial charge >= 0.3 is 0 Å². The minimum atomic E-state index is 0.653. The number of methoxy groups -OCH3 is 1. The first-order valence-corrected chi connectivity index (χ1v) is 7.62. The van der Waals surface area contributed by atoms with E-state index >= 15 is 0 Å². The zero-order chi connectivity index (χ0) is 15.1. The van der Waals surface area contributed by atoms with Crippen molar-refractivity contribution in [2.24, 2.45) is 0 Å². The second-order valence-electron chi connectivity index (χ2n) is 4.36. The summed E-state index contributed by atoms with van der Waals surface area (Å²) in [5.41, 5.74) is 0.985. The zero-order valence-electron chi connectivity index (χ0n) is 11.6. The molecule has 1 aromatic heterocycles. The quantitative estimate of drug-likeness (QED) is 0.746. The van der Waals surface area contributed by atoms with Crippen molar-refractivity contribution in [3.63, 3.8) is 0 Å². The summed E-state index contributed by atoms with van der Waals surface area (Å²) in [4.78, 5) is 4.08. The van der Waals surface area contributed by atoms with E-state index in [4.69, 9.17) is 21.1 Å². The molecule has 1 aromatic carbocycles. The Balaban J connectivity index is 2.10. The van der Waals surface area contributed by atoms with Crippen LogP contribution in [-0.4, -0.2) is 25.2 Å². The lowest BCUT2D eigenvalue weighted by atomic mass is 10.2. The number of aromatic nitrogens is 1. The van der Waals surface area contributed by atoms with Gasteiger partial charge in [-0.3, -0.25) is 4.98 Å². The number of ether oxygens (including phenoxy) is 2. The molecule has 0 aliphatic rings. The van der Waals surface area contributed by atoms with Gasteiger partial charge in [-0.15, -0.1) is 0 Å². The number of hydrogen-bond acceptors (Lipinski definition) is 4. The van der Waals surface area contributed by atoms with Gasteiger partial charge in [-0.05, 0) is 40.2 Å². The maximum Gasteiger partial charge on any atom is 0.146 e. The summed E-state index contributed by atoms with van der Waals surface area (Å²) in [6.07, 6.45) is 3.38. The average molecular weight is 372 g/mol. The molecule has 0 fully saturated rings. The van der Waals surface area contributed by atoms with E-state index in [9.17, 15) is 0 Å². The van der Waals surface area contributed by atoms with E-state index in [0.717, 1.165) is 22.3 Å². The molecule has 0 saturated heterocycles. The first kappa shape index (κ1) is 16.2. The summed E-state index contributed by atoms with van der Waals surface area (Å²) in [5, 5.41) is 3.96. The summed E-state index contributed by atoms with van der Waals surface area (Å²) in [6, 6.07) is 7.42. The Bertz CT molecular complexity index is 596. The topological polar surface area (TPSA) is 43.4 Å². The van der Waals surface area contributed by atoms with Crippen molar-refractivity contribution in [3.8, 4) is 11.5 Å². The summed E-state index contributed by atoms with van der Waals surface area (Å²) in [7, 11) is 1.68. The second-order valence-corrected chi connectivity index (χ2v) is 5.71. The smallest absolute Gasteiger partial charge is 0.146 e. The van der Waals surface area contributed by atoms with E-state index in [0.29, 0.717) is 23.9 Å². The van der Waals surface area contributed by atoms with Crippen LogP contribution in [0.15, 0.2) is 41.1 Å². The molecule has 0 amide bonds. The van der Waals surface area contributed by atoms with Crippen LogP contribution in [0.4, 0.5) is 0 Å². The van der Waals surface area contributed by atoms with Crippen LogP contribution in [0.3, 0.4) is 0 Å². The molecule has 0 radical (unpaired) electrons. The van der Waals surface area contributed by atoms with Gasteiger partial charge in [0.25, 0.3) is 0 Å². The van der Waals surface area contributed by atoms with E-state index in [1.807, 2.05) is 18.2 Å². The van der Waals surface area contributed by atoms with Gasteiger partial charge in [0.2, 0.25) is 0 Å². The number of benzene rings is 1. The van der Waals surface area contributed by atoms with E-state index in [1.165, 1.54) is 0 Å². The van der Waals surface area contributed by atoms with Crippen molar-refractivity contribution in [1.82, 2.24) is 10.3 Å². The highest BCUT2D eigenvalue weighted by Gasteiger charge is 2.07. The van der Waals surface area contributed by atoms with Crippen LogP contribution >= 0.6 is 27.5 Å². The molecule has 0 aliphatic carbocycles. The Kier molecular flexibility index (Phi) is 6.45. The van der Waals surface area contributed by atoms with Crippen LogP contribution in [-0.2, 0) is 11.3 Å². The molecular weight excluding hydrogens is 356 g/mol. The molecule has 2 rings (SSSR count). The molecule has 1 N–H and O–H groups in total. The highest BCUT2D eigenvalue weighted by atomic mass is 79.9. The Morgan fingerprint density at radius 1 is 1.29 bits per heavy atom. The number of nitrogens with zero attached hydrogens (tertiary/aromatic N) is 1. The third-order valence-corrected chi connectivity index (χ3v) is 3.40. The van der Waals surface area contributed by atoms with Gasteiger partial charge in [0.15, 0.2) is 0 Å². The minimum Gasteiger partial charge on any atom is -0.455 e. The fourth-order valence-electron chi connectivity index (χ4n) is 1.76. The van der Waals surface area contributed by atoms with E-state index in [1.54, 1.807) is 25.6 Å². The first-order chi connectivity index (χ1) is 10.2. The highest BCUT2D eigenvalue weighted by Crippen LogP contribution is 2.28. The lowest BCUT2D eigenvalue weighted by Crippen LogP contribution is -2.18. The number of hydrogen-bond donors (Lipinski definition) is 1. The van der Waals surface area contributed by atoms with E-state index < -0.39 is 0 Å². The monoisotopic (exact) mass is 370 g/mol. The van der Waals surface area contributed by atoms with Gasteiger partial charge in [0.05, 0.1) is 12.8 Å². The SMILES string of the molecule is COCCNCc1cc(Cl)ccc1Oc1cncc(Br)c1. The van der Waals surface area contributed by atoms with Crippen LogP contribution in [0.1, 0.15) is 5.56 Å². The molecule has 0 atom stereocenters. The van der Waals surface area contributed by atoms with Gasteiger partial charge < -0.3 is 14.8 Å². The lowest BCUT2D eigenvalue weighted by Gasteiger charge is -2.12. The van der Waals surface area contributed by atoms with Gasteiger partial charge in [0.1, 0.15) is 11.5 Å². The number of halogens is 2. The molecule has 0 bridgehead atoms. The Morgan fingerprint density at radius 3 is 2.90 bits per heavy atom. The zero-order valence-corrected chi connectivity index (χ0v) is 13.9. The van der Waals surface area contributed by atoms with Crippen molar-refractivity contribution in [2.75, 3.05) is 20.3 Å². The third kappa shape index (κ3) is 5.28. The van der Waals surface area contributed by atoms with Crippen LogP contribution in [0, 0.1) is 0 Å². The number of nitrogens with one attached hydrogen (secondary N) is 1. The van der Waals surface area contributed by atoms with Gasteiger partial charge in [0, 0.05) is 41.5 Å². The van der Waals surface area contributed by atoms with Crippen LogP contribution in [0.2, 0.25) is 5.02 Å². The van der Waals surface area contributed by atoms with Crippen LogP contribution in [0.25, 0.3) is 0 Å². The maximum atomic E-state index is 6.06. The molecular formula is C15H16BrClN2O2. The predicted molar refractivity (Wildman–Crippen MR) is 87.0 cm³/mol. The molecule has 6 heteroatoms. The van der Waals surface area contributed by atoms with Crippen molar-refractivity contribution in [2.45, 2.75) is 6.54 Å². The molecule has 1 heterocycles. The summed E-state index contributed by atoms with van der Waals surface area (Å²) < 4.78 is 11.8. The van der Waals surface area contributed by atoms with Crippen molar-refractivity contribution in [3.05, 3.63) is 51.7 Å².